The summed E-state index contributed by atoms with van der Waals surface area (Å²) in [6, 6.07) is 9.86. The number of thioether (sulfide) groups is 1. The topological polar surface area (TPSA) is 39.2 Å². The molecule has 2 rings (SSSR count). The summed E-state index contributed by atoms with van der Waals surface area (Å²) in [6.45, 7) is 0. The van der Waals surface area contributed by atoms with Gasteiger partial charge in [-0.3, -0.25) is 0 Å². The van der Waals surface area contributed by atoms with Gasteiger partial charge in [0.15, 0.2) is 0 Å². The number of rotatable bonds is 3. The second-order valence-corrected chi connectivity index (χ2v) is 4.04. The molecule has 0 fully saturated rings. The first-order valence-electron chi connectivity index (χ1n) is 4.34. The molecule has 1 heterocycles. The first-order valence-corrected chi connectivity index (χ1v) is 5.32. The van der Waals surface area contributed by atoms with Gasteiger partial charge in [0.05, 0.1) is 12.5 Å². The average molecular weight is 205 g/mol. The van der Waals surface area contributed by atoms with E-state index in [1.54, 1.807) is 24.3 Å². The van der Waals surface area contributed by atoms with E-state index in [0.717, 1.165) is 11.4 Å². The number of nitrogens with two attached hydrogens (primary N) is 1. The fourth-order valence-electron chi connectivity index (χ4n) is 1.15. The molecule has 0 spiro atoms. The molecule has 14 heavy (non-hydrogen) atoms. The normalized spacial score (nSPS) is 10.3. The van der Waals surface area contributed by atoms with E-state index in [2.05, 4.69) is 6.07 Å². The Balaban J connectivity index is 1.98. The Bertz CT molecular complexity index is 397. The lowest BCUT2D eigenvalue weighted by Gasteiger charge is -2.00. The van der Waals surface area contributed by atoms with E-state index in [1.807, 2.05) is 24.3 Å². The Morgan fingerprint density at radius 1 is 1.29 bits per heavy atom. The molecule has 72 valence electrons. The molecule has 0 aliphatic carbocycles. The van der Waals surface area contributed by atoms with Gasteiger partial charge in [0.2, 0.25) is 0 Å². The largest absolute Gasteiger partial charge is 0.472 e. The average Bonchev–Trinajstić information content (AvgIpc) is 2.67. The maximum absolute atomic E-state index is 5.68. The van der Waals surface area contributed by atoms with Crippen LogP contribution in [0.1, 0.15) is 5.56 Å². The quantitative estimate of drug-likeness (QED) is 0.618. The second kappa shape index (κ2) is 4.24. The van der Waals surface area contributed by atoms with Crippen LogP contribution in [0.25, 0.3) is 0 Å². The van der Waals surface area contributed by atoms with Crippen LogP contribution in [0.15, 0.2) is 52.2 Å². The number of nitrogen functional groups attached to an aromatic ring is 1. The minimum absolute atomic E-state index is 0.808. The molecule has 0 saturated carbocycles. The lowest BCUT2D eigenvalue weighted by molar-refractivity contribution is 0.565. The van der Waals surface area contributed by atoms with Crippen molar-refractivity contribution in [1.29, 1.82) is 0 Å². The minimum atomic E-state index is 0.808. The van der Waals surface area contributed by atoms with Crippen LogP contribution in [0.4, 0.5) is 5.69 Å². The zero-order valence-corrected chi connectivity index (χ0v) is 8.46. The Morgan fingerprint density at radius 3 is 2.93 bits per heavy atom. The van der Waals surface area contributed by atoms with Gasteiger partial charge in [0, 0.05) is 21.9 Å². The van der Waals surface area contributed by atoms with Crippen LogP contribution < -0.4 is 5.73 Å². The minimum Gasteiger partial charge on any atom is -0.472 e. The third-order valence-electron chi connectivity index (χ3n) is 1.84. The highest BCUT2D eigenvalue weighted by atomic mass is 32.2. The Kier molecular flexibility index (Phi) is 2.79. The molecular formula is C11H11NOS. The summed E-state index contributed by atoms with van der Waals surface area (Å²) in [5.74, 6) is 0.917. The molecule has 0 bridgehead atoms. The Labute approximate surface area is 87.1 Å². The molecule has 0 radical (unpaired) electrons. The van der Waals surface area contributed by atoms with Crippen molar-refractivity contribution in [2.45, 2.75) is 10.6 Å². The van der Waals surface area contributed by atoms with Gasteiger partial charge in [-0.05, 0) is 24.3 Å². The number of anilines is 1. The van der Waals surface area contributed by atoms with Gasteiger partial charge in [-0.1, -0.05) is 6.07 Å². The first kappa shape index (κ1) is 9.21. The van der Waals surface area contributed by atoms with Crippen LogP contribution in [0.5, 0.6) is 0 Å². The molecule has 3 heteroatoms. The van der Waals surface area contributed by atoms with Gasteiger partial charge in [-0.25, -0.2) is 0 Å². The van der Waals surface area contributed by atoms with Crippen LogP contribution in [0.3, 0.4) is 0 Å². The fraction of sp³-hybridized carbons (Fsp3) is 0.0909. The van der Waals surface area contributed by atoms with Crippen LogP contribution in [-0.2, 0) is 5.75 Å². The molecule has 2 N–H and O–H groups in total. The van der Waals surface area contributed by atoms with E-state index in [-0.39, 0.29) is 0 Å². The van der Waals surface area contributed by atoms with Gasteiger partial charge in [0.25, 0.3) is 0 Å². The van der Waals surface area contributed by atoms with Crippen molar-refractivity contribution in [3.8, 4) is 0 Å². The maximum atomic E-state index is 5.68. The highest BCUT2D eigenvalue weighted by molar-refractivity contribution is 7.98. The van der Waals surface area contributed by atoms with E-state index in [1.165, 1.54) is 10.5 Å². The number of hydrogen-bond acceptors (Lipinski definition) is 3. The molecule has 2 aromatic rings. The molecule has 0 atom stereocenters. The smallest absolute Gasteiger partial charge is 0.0943 e. The van der Waals surface area contributed by atoms with Crippen LogP contribution in [0, 0.1) is 0 Å². The monoisotopic (exact) mass is 205 g/mol. The zero-order chi connectivity index (χ0) is 9.80. The molecule has 0 unspecified atom stereocenters. The molecule has 0 amide bonds. The molecule has 1 aromatic heterocycles. The van der Waals surface area contributed by atoms with E-state index in [4.69, 9.17) is 10.2 Å². The predicted octanol–water partition coefficient (Wildman–Crippen LogP) is 3.15. The summed E-state index contributed by atoms with van der Waals surface area (Å²) in [6.07, 6.45) is 3.45. The van der Waals surface area contributed by atoms with Crippen LogP contribution >= 0.6 is 11.8 Å². The number of furan rings is 1. The second-order valence-electron chi connectivity index (χ2n) is 2.99. The van der Waals surface area contributed by atoms with Gasteiger partial charge >= 0.3 is 0 Å². The number of hydrogen-bond donors (Lipinski definition) is 1. The van der Waals surface area contributed by atoms with E-state index in [9.17, 15) is 0 Å². The zero-order valence-electron chi connectivity index (χ0n) is 7.64. The fourth-order valence-corrected chi connectivity index (χ4v) is 2.04. The molecule has 2 nitrogen and oxygen atoms in total. The molecular weight excluding hydrogens is 194 g/mol. The molecule has 0 aliphatic rings. The highest BCUT2D eigenvalue weighted by Crippen LogP contribution is 2.24. The maximum Gasteiger partial charge on any atom is 0.0943 e. The van der Waals surface area contributed by atoms with Crippen molar-refractivity contribution in [2.24, 2.45) is 0 Å². The third-order valence-corrected chi connectivity index (χ3v) is 2.91. The summed E-state index contributed by atoms with van der Waals surface area (Å²) < 4.78 is 4.99. The van der Waals surface area contributed by atoms with Crippen molar-refractivity contribution < 1.29 is 4.42 Å². The van der Waals surface area contributed by atoms with E-state index < -0.39 is 0 Å². The summed E-state index contributed by atoms with van der Waals surface area (Å²) in [5.41, 5.74) is 7.68. The summed E-state index contributed by atoms with van der Waals surface area (Å²) in [5, 5.41) is 0. The molecule has 0 aliphatic heterocycles. The predicted molar refractivity (Wildman–Crippen MR) is 59.1 cm³/mol. The summed E-state index contributed by atoms with van der Waals surface area (Å²) in [4.78, 5) is 1.19. The standard InChI is InChI=1S/C11H11NOS/c12-10-2-1-3-11(6-10)14-8-9-4-5-13-7-9/h1-7H,8,12H2. The van der Waals surface area contributed by atoms with Gasteiger partial charge < -0.3 is 10.2 Å². The molecule has 0 saturated heterocycles. The Hall–Kier alpha value is -1.35. The van der Waals surface area contributed by atoms with Gasteiger partial charge in [-0.15, -0.1) is 11.8 Å². The van der Waals surface area contributed by atoms with Crippen LogP contribution in [0.2, 0.25) is 0 Å². The first-order chi connectivity index (χ1) is 6.84. The van der Waals surface area contributed by atoms with Gasteiger partial charge in [-0.2, -0.15) is 0 Å². The lowest BCUT2D eigenvalue weighted by atomic mass is 10.3. The highest BCUT2D eigenvalue weighted by Gasteiger charge is 1.97. The van der Waals surface area contributed by atoms with E-state index >= 15 is 0 Å². The van der Waals surface area contributed by atoms with Gasteiger partial charge in [0.1, 0.15) is 0 Å². The molecule has 1 aromatic carbocycles. The van der Waals surface area contributed by atoms with Crippen LogP contribution in [-0.4, -0.2) is 0 Å². The van der Waals surface area contributed by atoms with Crippen molar-refractivity contribution in [3.63, 3.8) is 0 Å². The van der Waals surface area contributed by atoms with Crippen molar-refractivity contribution in [3.05, 3.63) is 48.4 Å². The lowest BCUT2D eigenvalue weighted by Crippen LogP contribution is -1.83. The van der Waals surface area contributed by atoms with Crippen molar-refractivity contribution in [1.82, 2.24) is 0 Å². The summed E-state index contributed by atoms with van der Waals surface area (Å²) >= 11 is 1.75. The summed E-state index contributed by atoms with van der Waals surface area (Å²) in [7, 11) is 0. The SMILES string of the molecule is Nc1cccc(SCc2ccoc2)c1. The van der Waals surface area contributed by atoms with Crippen molar-refractivity contribution in [2.75, 3.05) is 5.73 Å². The van der Waals surface area contributed by atoms with E-state index in [0.29, 0.717) is 0 Å². The Morgan fingerprint density at radius 2 is 2.21 bits per heavy atom. The third kappa shape index (κ3) is 2.33. The van der Waals surface area contributed by atoms with Crippen molar-refractivity contribution >= 4 is 17.4 Å². The number of benzene rings is 1.